The molecule has 0 bridgehead atoms. The molecule has 0 spiro atoms. The van der Waals surface area contributed by atoms with Crippen molar-refractivity contribution >= 4 is 32.5 Å². The molecule has 6 nitrogen and oxygen atoms in total. The molecule has 32 heavy (non-hydrogen) atoms. The first kappa shape index (κ1) is 20.9. The average molecular weight is 497 g/mol. The molecule has 3 heterocycles. The van der Waals surface area contributed by atoms with E-state index >= 15 is 4.39 Å². The molecule has 4 aromatic rings. The molecule has 0 aliphatic carbocycles. The molecule has 1 fully saturated rings. The Morgan fingerprint density at radius 1 is 1.16 bits per heavy atom. The van der Waals surface area contributed by atoms with Gasteiger partial charge in [0.05, 0.1) is 11.2 Å². The molecule has 0 radical (unpaired) electrons. The van der Waals surface area contributed by atoms with Crippen LogP contribution in [0.1, 0.15) is 26.2 Å². The van der Waals surface area contributed by atoms with Crippen molar-refractivity contribution in [1.29, 1.82) is 0 Å². The minimum atomic E-state index is -0.378. The van der Waals surface area contributed by atoms with Gasteiger partial charge in [-0.25, -0.2) is 4.39 Å². The molecule has 1 aliphatic rings. The molecule has 0 saturated carbocycles. The fourth-order valence-electron chi connectivity index (χ4n) is 4.27. The number of anilines is 1. The van der Waals surface area contributed by atoms with Crippen molar-refractivity contribution in [2.45, 2.75) is 32.7 Å². The molecule has 1 saturated heterocycles. The normalized spacial score (nSPS) is 14.3. The number of hydrogen-bond acceptors (Lipinski definition) is 5. The number of rotatable bonds is 4. The predicted octanol–water partition coefficient (Wildman–Crippen LogP) is 5.63. The highest BCUT2D eigenvalue weighted by atomic mass is 79.9. The van der Waals surface area contributed by atoms with Crippen LogP contribution in [0.4, 0.5) is 10.1 Å². The number of aryl methyl sites for hydroxylation is 1. The van der Waals surface area contributed by atoms with E-state index in [1.165, 1.54) is 12.5 Å². The van der Waals surface area contributed by atoms with Gasteiger partial charge < -0.3 is 14.0 Å². The summed E-state index contributed by atoms with van der Waals surface area (Å²) in [4.78, 5) is 19.8. The summed E-state index contributed by atoms with van der Waals surface area (Å²) in [6.45, 7) is 4.26. The van der Waals surface area contributed by atoms with E-state index in [0.717, 1.165) is 36.0 Å². The molecule has 0 atom stereocenters. The van der Waals surface area contributed by atoms with Gasteiger partial charge in [0.1, 0.15) is 11.4 Å². The second kappa shape index (κ2) is 8.50. The summed E-state index contributed by atoms with van der Waals surface area (Å²) in [5, 5.41) is 4.35. The zero-order valence-corrected chi connectivity index (χ0v) is 19.2. The van der Waals surface area contributed by atoms with Crippen molar-refractivity contribution in [3.63, 3.8) is 0 Å². The van der Waals surface area contributed by atoms with Gasteiger partial charge in [-0.15, -0.1) is 0 Å². The van der Waals surface area contributed by atoms with Crippen LogP contribution in [-0.4, -0.2) is 27.8 Å². The standard InChI is InChI=1S/C24H22BrFN4O2/c1-2-29-14-18(24-27-23(28-32-24)15-7-6-8-16(25)11-15)22(31)17-12-19(26)21(13-20(17)29)30-9-4-3-5-10-30/h6-8,11-14H,2-5,9-10H2,1H3. The molecule has 164 valence electrons. The van der Waals surface area contributed by atoms with Gasteiger partial charge in [0.2, 0.25) is 11.3 Å². The van der Waals surface area contributed by atoms with Gasteiger partial charge >= 0.3 is 0 Å². The van der Waals surface area contributed by atoms with E-state index in [4.69, 9.17) is 4.52 Å². The van der Waals surface area contributed by atoms with Crippen LogP contribution in [0, 0.1) is 5.82 Å². The lowest BCUT2D eigenvalue weighted by molar-refractivity contribution is 0.431. The van der Waals surface area contributed by atoms with Crippen molar-refractivity contribution in [2.75, 3.05) is 18.0 Å². The predicted molar refractivity (Wildman–Crippen MR) is 126 cm³/mol. The third-order valence-electron chi connectivity index (χ3n) is 5.93. The van der Waals surface area contributed by atoms with Crippen molar-refractivity contribution in [3.8, 4) is 22.8 Å². The summed E-state index contributed by atoms with van der Waals surface area (Å²) >= 11 is 3.43. The van der Waals surface area contributed by atoms with Crippen LogP contribution in [0.3, 0.4) is 0 Å². The maximum atomic E-state index is 15.1. The third kappa shape index (κ3) is 3.72. The highest BCUT2D eigenvalue weighted by Gasteiger charge is 2.21. The summed E-state index contributed by atoms with van der Waals surface area (Å²) in [6.07, 6.45) is 4.99. The first-order chi connectivity index (χ1) is 15.5. The molecule has 0 amide bonds. The Labute approximate surface area is 192 Å². The topological polar surface area (TPSA) is 64.2 Å². The molecule has 0 unspecified atom stereocenters. The Kier molecular flexibility index (Phi) is 5.55. The molecular formula is C24H22BrFN4O2. The lowest BCUT2D eigenvalue weighted by atomic mass is 10.1. The van der Waals surface area contributed by atoms with Crippen LogP contribution in [-0.2, 0) is 6.54 Å². The van der Waals surface area contributed by atoms with Crippen LogP contribution in [0.25, 0.3) is 33.7 Å². The molecular weight excluding hydrogens is 475 g/mol. The number of aromatic nitrogens is 3. The van der Waals surface area contributed by atoms with Crippen LogP contribution in [0.5, 0.6) is 0 Å². The second-order valence-electron chi connectivity index (χ2n) is 7.96. The molecule has 1 aliphatic heterocycles. The van der Waals surface area contributed by atoms with Crippen molar-refractivity contribution in [1.82, 2.24) is 14.7 Å². The summed E-state index contributed by atoms with van der Waals surface area (Å²) in [7, 11) is 0. The van der Waals surface area contributed by atoms with Crippen molar-refractivity contribution in [3.05, 3.63) is 63.1 Å². The van der Waals surface area contributed by atoms with Crippen molar-refractivity contribution < 1.29 is 8.91 Å². The largest absolute Gasteiger partial charge is 0.369 e. The van der Waals surface area contributed by atoms with Crippen LogP contribution in [0.15, 0.2) is 56.4 Å². The summed E-state index contributed by atoms with van der Waals surface area (Å²) in [5.74, 6) is 0.127. The van der Waals surface area contributed by atoms with E-state index in [-0.39, 0.29) is 22.7 Å². The minimum absolute atomic E-state index is 0.120. The van der Waals surface area contributed by atoms with E-state index in [2.05, 4.69) is 31.0 Å². The first-order valence-electron chi connectivity index (χ1n) is 10.8. The molecule has 8 heteroatoms. The van der Waals surface area contributed by atoms with Crippen LogP contribution < -0.4 is 10.3 Å². The Bertz CT molecular complexity index is 1360. The average Bonchev–Trinajstić information content (AvgIpc) is 3.30. The van der Waals surface area contributed by atoms with Gasteiger partial charge in [-0.2, -0.15) is 4.98 Å². The van der Waals surface area contributed by atoms with E-state index in [9.17, 15) is 4.79 Å². The monoisotopic (exact) mass is 496 g/mol. The summed E-state index contributed by atoms with van der Waals surface area (Å²) in [6, 6.07) is 10.7. The van der Waals surface area contributed by atoms with E-state index in [0.29, 0.717) is 29.0 Å². The number of benzene rings is 2. The number of nitrogens with zero attached hydrogens (tertiary/aromatic N) is 4. The fraction of sp³-hybridized carbons (Fsp3) is 0.292. The highest BCUT2D eigenvalue weighted by Crippen LogP contribution is 2.29. The van der Waals surface area contributed by atoms with Crippen molar-refractivity contribution in [2.24, 2.45) is 0 Å². The number of piperidine rings is 1. The quantitative estimate of drug-likeness (QED) is 0.366. The summed E-state index contributed by atoms with van der Waals surface area (Å²) in [5.41, 5.74) is 1.97. The van der Waals surface area contributed by atoms with Gasteiger partial charge in [-0.1, -0.05) is 33.2 Å². The minimum Gasteiger partial charge on any atom is -0.369 e. The lowest BCUT2D eigenvalue weighted by Gasteiger charge is -2.29. The van der Waals surface area contributed by atoms with Gasteiger partial charge in [-0.3, -0.25) is 4.79 Å². The molecule has 2 aromatic carbocycles. The van der Waals surface area contributed by atoms with E-state index < -0.39 is 0 Å². The Morgan fingerprint density at radius 3 is 2.72 bits per heavy atom. The lowest BCUT2D eigenvalue weighted by Crippen LogP contribution is -2.30. The first-order valence-corrected chi connectivity index (χ1v) is 11.6. The maximum Gasteiger partial charge on any atom is 0.263 e. The number of fused-ring (bicyclic) bond motifs is 1. The van der Waals surface area contributed by atoms with Gasteiger partial charge in [0.15, 0.2) is 0 Å². The van der Waals surface area contributed by atoms with E-state index in [1.54, 1.807) is 12.3 Å². The van der Waals surface area contributed by atoms with Gasteiger partial charge in [0.25, 0.3) is 5.89 Å². The number of hydrogen-bond donors (Lipinski definition) is 0. The number of pyridine rings is 1. The number of halogens is 2. The van der Waals surface area contributed by atoms with Gasteiger partial charge in [0, 0.05) is 41.3 Å². The fourth-order valence-corrected chi connectivity index (χ4v) is 4.67. The third-order valence-corrected chi connectivity index (χ3v) is 6.42. The molecule has 2 aromatic heterocycles. The SMILES string of the molecule is CCn1cc(-c2nc(-c3cccc(Br)c3)no2)c(=O)c2cc(F)c(N3CCCCC3)cc21. The smallest absolute Gasteiger partial charge is 0.263 e. The Morgan fingerprint density at radius 2 is 1.97 bits per heavy atom. The zero-order chi connectivity index (χ0) is 22.2. The van der Waals surface area contributed by atoms with Crippen LogP contribution in [0.2, 0.25) is 0 Å². The second-order valence-corrected chi connectivity index (χ2v) is 8.88. The highest BCUT2D eigenvalue weighted by molar-refractivity contribution is 9.10. The Hall–Kier alpha value is -3.00. The maximum absolute atomic E-state index is 15.1. The van der Waals surface area contributed by atoms with Crippen LogP contribution >= 0.6 is 15.9 Å². The summed E-state index contributed by atoms with van der Waals surface area (Å²) < 4.78 is 23.3. The van der Waals surface area contributed by atoms with Gasteiger partial charge in [-0.05, 0) is 50.5 Å². The molecule has 0 N–H and O–H groups in total. The Balaban J connectivity index is 1.62. The van der Waals surface area contributed by atoms with E-state index in [1.807, 2.05) is 35.8 Å². The molecule has 5 rings (SSSR count). The zero-order valence-electron chi connectivity index (χ0n) is 17.6.